The maximum absolute atomic E-state index is 14.8. The van der Waals surface area contributed by atoms with Gasteiger partial charge in [-0.1, -0.05) is 6.58 Å². The van der Waals surface area contributed by atoms with Gasteiger partial charge in [-0.15, -0.1) is 5.10 Å². The number of phenolic OH excluding ortho intramolecular Hbond substituents is 1. The van der Waals surface area contributed by atoms with Crippen molar-refractivity contribution in [2.24, 2.45) is 5.92 Å². The fourth-order valence-corrected chi connectivity index (χ4v) is 4.50. The maximum Gasteiger partial charge on any atom is 0.125 e. The van der Waals surface area contributed by atoms with Crippen molar-refractivity contribution >= 4 is 16.3 Å². The Morgan fingerprint density at radius 3 is 2.86 bits per heavy atom. The second-order valence-electron chi connectivity index (χ2n) is 7.76. The Morgan fingerprint density at radius 2 is 2.04 bits per heavy atom. The molecule has 2 aromatic heterocycles. The van der Waals surface area contributed by atoms with Crippen LogP contribution in [0.15, 0.2) is 49.3 Å². The maximum atomic E-state index is 14.8. The molecule has 1 aromatic carbocycles. The molecule has 142 valence electrons. The lowest BCUT2D eigenvalue weighted by Gasteiger charge is -2.33. The van der Waals surface area contributed by atoms with Gasteiger partial charge < -0.3 is 10.4 Å². The van der Waals surface area contributed by atoms with Crippen molar-refractivity contribution in [3.05, 3.63) is 55.0 Å². The number of piperidine rings is 1. The minimum absolute atomic E-state index is 0.0724. The Labute approximate surface area is 162 Å². The van der Waals surface area contributed by atoms with Crippen LogP contribution in [0.4, 0.5) is 4.39 Å². The first-order chi connectivity index (χ1) is 13.6. The van der Waals surface area contributed by atoms with E-state index in [0.29, 0.717) is 28.6 Å². The molecule has 4 heterocycles. The third-order valence-corrected chi connectivity index (χ3v) is 6.06. The first-order valence-corrected chi connectivity index (χ1v) is 9.60. The second-order valence-corrected chi connectivity index (χ2v) is 7.76. The average molecular weight is 376 g/mol. The first kappa shape index (κ1) is 17.3. The lowest BCUT2D eigenvalue weighted by atomic mass is 9.83. The monoisotopic (exact) mass is 376 g/mol. The van der Waals surface area contributed by atoms with Crippen LogP contribution in [0.2, 0.25) is 0 Å². The number of allylic oxidation sites excluding steroid dienone is 1. The van der Waals surface area contributed by atoms with Crippen molar-refractivity contribution in [2.75, 3.05) is 0 Å². The summed E-state index contributed by atoms with van der Waals surface area (Å²) >= 11 is 0. The van der Waals surface area contributed by atoms with Gasteiger partial charge in [-0.3, -0.25) is 4.98 Å². The molecule has 5 rings (SSSR count). The summed E-state index contributed by atoms with van der Waals surface area (Å²) in [6, 6.07) is 9.34. The number of aromatic hydroxyl groups is 1. The van der Waals surface area contributed by atoms with Crippen LogP contribution in [0.1, 0.15) is 25.0 Å². The van der Waals surface area contributed by atoms with Crippen LogP contribution in [0.5, 0.6) is 5.75 Å². The normalized spacial score (nSPS) is 26.5. The molecule has 0 saturated carbocycles. The van der Waals surface area contributed by atoms with Crippen LogP contribution in [-0.2, 0) is 0 Å². The summed E-state index contributed by atoms with van der Waals surface area (Å²) in [5.41, 5.74) is 2.49. The highest BCUT2D eigenvalue weighted by atomic mass is 19.1. The summed E-state index contributed by atoms with van der Waals surface area (Å²) in [4.78, 5) is 4.07. The summed E-state index contributed by atoms with van der Waals surface area (Å²) in [5.74, 6) is -0.0967. The number of phenols is 1. The van der Waals surface area contributed by atoms with E-state index in [1.807, 2.05) is 18.2 Å². The van der Waals surface area contributed by atoms with Crippen molar-refractivity contribution in [3.63, 3.8) is 0 Å². The first-order valence-electron chi connectivity index (χ1n) is 9.60. The molecule has 0 aliphatic carbocycles. The molecule has 0 amide bonds. The van der Waals surface area contributed by atoms with E-state index in [-0.39, 0.29) is 17.7 Å². The number of nitrogens with zero attached hydrogens (tertiary/aromatic N) is 3. The van der Waals surface area contributed by atoms with Gasteiger partial charge in [-0.25, -0.2) is 4.39 Å². The van der Waals surface area contributed by atoms with E-state index in [0.717, 1.165) is 30.0 Å². The molecule has 3 aromatic rings. The zero-order valence-corrected chi connectivity index (χ0v) is 15.3. The third kappa shape index (κ3) is 2.85. The highest BCUT2D eigenvalue weighted by molar-refractivity contribution is 5.89. The fraction of sp³-hybridized carbons (Fsp3) is 0.318. The van der Waals surface area contributed by atoms with Crippen LogP contribution < -0.4 is 5.32 Å². The molecule has 2 aliphatic rings. The Balaban J connectivity index is 1.43. The highest BCUT2D eigenvalue weighted by Crippen LogP contribution is 2.40. The summed E-state index contributed by atoms with van der Waals surface area (Å²) < 4.78 is 14.8. The number of hydrogen-bond acceptors (Lipinski definition) is 5. The Morgan fingerprint density at radius 1 is 1.14 bits per heavy atom. The van der Waals surface area contributed by atoms with Gasteiger partial charge in [0.2, 0.25) is 0 Å². The molecule has 4 atom stereocenters. The predicted molar refractivity (Wildman–Crippen MR) is 106 cm³/mol. The second kappa shape index (κ2) is 6.63. The summed E-state index contributed by atoms with van der Waals surface area (Å²) in [7, 11) is 0. The Hall–Kier alpha value is -2.86. The SMILES string of the molecule is C=C(c1ccc(-c2cc3ccncc3cc2O)nn1)[C@H]1CC2CCC(N2)[C@@H]1F. The van der Waals surface area contributed by atoms with Gasteiger partial charge >= 0.3 is 0 Å². The number of pyridine rings is 1. The van der Waals surface area contributed by atoms with Crippen LogP contribution >= 0.6 is 0 Å². The predicted octanol–water partition coefficient (Wildman–Crippen LogP) is 3.89. The number of halogens is 1. The molecule has 6 heteroatoms. The lowest BCUT2D eigenvalue weighted by molar-refractivity contribution is 0.167. The molecule has 0 spiro atoms. The van der Waals surface area contributed by atoms with Gasteiger partial charge in [0, 0.05) is 41.3 Å². The van der Waals surface area contributed by atoms with Crippen LogP contribution in [-0.4, -0.2) is 38.5 Å². The zero-order valence-electron chi connectivity index (χ0n) is 15.3. The van der Waals surface area contributed by atoms with Crippen LogP contribution in [0, 0.1) is 5.92 Å². The van der Waals surface area contributed by atoms with E-state index < -0.39 is 6.17 Å². The molecule has 2 bridgehead atoms. The number of rotatable bonds is 3. The van der Waals surface area contributed by atoms with Crippen LogP contribution in [0.3, 0.4) is 0 Å². The van der Waals surface area contributed by atoms with E-state index >= 15 is 0 Å². The van der Waals surface area contributed by atoms with Gasteiger partial charge in [-0.2, -0.15) is 5.10 Å². The van der Waals surface area contributed by atoms with E-state index in [1.54, 1.807) is 24.5 Å². The molecule has 2 fully saturated rings. The smallest absolute Gasteiger partial charge is 0.125 e. The average Bonchev–Trinajstić information content (AvgIpc) is 3.13. The van der Waals surface area contributed by atoms with Crippen LogP contribution in [0.25, 0.3) is 27.6 Å². The topological polar surface area (TPSA) is 70.9 Å². The number of hydrogen-bond donors (Lipinski definition) is 2. The summed E-state index contributed by atoms with van der Waals surface area (Å²) in [5, 5.41) is 24.1. The molecule has 2 N–H and O–H groups in total. The zero-order chi connectivity index (χ0) is 19.3. The van der Waals surface area contributed by atoms with E-state index in [4.69, 9.17) is 0 Å². The van der Waals surface area contributed by atoms with E-state index in [1.165, 1.54) is 0 Å². The van der Waals surface area contributed by atoms with Gasteiger partial charge in [0.05, 0.1) is 11.4 Å². The van der Waals surface area contributed by atoms with E-state index in [9.17, 15) is 9.50 Å². The minimum atomic E-state index is -0.939. The summed E-state index contributed by atoms with van der Waals surface area (Å²) in [6.07, 6.45) is 5.14. The minimum Gasteiger partial charge on any atom is -0.507 e. The van der Waals surface area contributed by atoms with Gasteiger partial charge in [-0.05, 0) is 60.6 Å². The third-order valence-electron chi connectivity index (χ3n) is 6.06. The van der Waals surface area contributed by atoms with Crippen molar-refractivity contribution in [3.8, 4) is 17.0 Å². The standard InChI is InChI=1S/C22H21FN4O/c1-12(16-10-15-2-3-20(25-15)22(16)23)18-4-5-19(27-26-18)17-8-13-6-7-24-11-14(13)9-21(17)28/h4-9,11,15-16,20,22,25,28H,1-3,10H2/t15?,16-,20?,22-/m1/s1. The quantitative estimate of drug-likeness (QED) is 0.726. The molecule has 28 heavy (non-hydrogen) atoms. The lowest BCUT2D eigenvalue weighted by Crippen LogP contribution is -2.47. The number of aromatic nitrogens is 3. The van der Waals surface area contributed by atoms with Crippen molar-refractivity contribution < 1.29 is 9.50 Å². The van der Waals surface area contributed by atoms with Gasteiger partial charge in [0.1, 0.15) is 11.9 Å². The van der Waals surface area contributed by atoms with Crippen molar-refractivity contribution in [1.82, 2.24) is 20.5 Å². The fourth-order valence-electron chi connectivity index (χ4n) is 4.50. The molecule has 2 saturated heterocycles. The molecule has 5 nitrogen and oxygen atoms in total. The summed E-state index contributed by atoms with van der Waals surface area (Å²) in [6.45, 7) is 4.13. The van der Waals surface area contributed by atoms with E-state index in [2.05, 4.69) is 27.1 Å². The number of nitrogens with one attached hydrogen (secondary N) is 1. The number of fused-ring (bicyclic) bond motifs is 3. The number of benzene rings is 1. The van der Waals surface area contributed by atoms with Crippen molar-refractivity contribution in [2.45, 2.75) is 37.5 Å². The van der Waals surface area contributed by atoms with Gasteiger partial charge in [0.25, 0.3) is 0 Å². The van der Waals surface area contributed by atoms with Crippen molar-refractivity contribution in [1.29, 1.82) is 0 Å². The Kier molecular flexibility index (Phi) is 4.09. The Bertz CT molecular complexity index is 1050. The largest absolute Gasteiger partial charge is 0.507 e. The molecule has 0 radical (unpaired) electrons. The molecule has 2 aliphatic heterocycles. The molecule has 2 unspecified atom stereocenters. The molecular weight excluding hydrogens is 355 g/mol. The highest BCUT2D eigenvalue weighted by Gasteiger charge is 2.43. The number of alkyl halides is 1. The molecular formula is C22H21FN4O. The van der Waals surface area contributed by atoms with Gasteiger partial charge in [0.15, 0.2) is 0 Å².